The topological polar surface area (TPSA) is 57.6 Å². The summed E-state index contributed by atoms with van der Waals surface area (Å²) in [5.41, 5.74) is 1.80. The number of hydrogen-bond acceptors (Lipinski definition) is 3. The monoisotopic (exact) mass is 411 g/mol. The molecular weight excluding hydrogens is 389 g/mol. The number of amides is 1. The third-order valence-electron chi connectivity index (χ3n) is 5.62. The first-order chi connectivity index (χ1) is 14.0. The van der Waals surface area contributed by atoms with Gasteiger partial charge < -0.3 is 10.0 Å². The van der Waals surface area contributed by atoms with E-state index >= 15 is 0 Å². The van der Waals surface area contributed by atoms with Crippen LogP contribution in [-0.4, -0.2) is 33.2 Å². The lowest BCUT2D eigenvalue weighted by Crippen LogP contribution is -2.52. The number of carbonyl (C=O) groups excluding carboxylic acids is 1. The number of carboxylic acid groups (broad SMARTS) is 1. The number of nitrogens with zero attached hydrogens (tertiary/aromatic N) is 1. The Morgan fingerprint density at radius 3 is 2.55 bits per heavy atom. The van der Waals surface area contributed by atoms with Crippen molar-refractivity contribution in [1.29, 1.82) is 0 Å². The molecule has 2 aliphatic rings. The standard InChI is InChI=1S/C23H22FNO3S/c24-18-9-6-16(7-10-18)14-25-19-13-17(23(27)28)8-11-20(19)29-21(22(25)26)12-15-4-2-1-3-5-15/h1-7,9-10,12,17,19-20H,8,11,13-14H2,(H,27,28)/b21-12+. The summed E-state index contributed by atoms with van der Waals surface area (Å²) in [6.07, 6.45) is 3.75. The van der Waals surface area contributed by atoms with Gasteiger partial charge in [0.05, 0.1) is 10.8 Å². The molecule has 4 rings (SSSR count). The van der Waals surface area contributed by atoms with Gasteiger partial charge in [-0.15, -0.1) is 11.8 Å². The van der Waals surface area contributed by atoms with E-state index in [-0.39, 0.29) is 23.0 Å². The Balaban J connectivity index is 1.65. The lowest BCUT2D eigenvalue weighted by Gasteiger charge is -2.45. The van der Waals surface area contributed by atoms with Gasteiger partial charge in [0, 0.05) is 17.8 Å². The van der Waals surface area contributed by atoms with E-state index in [0.717, 1.165) is 17.5 Å². The van der Waals surface area contributed by atoms with E-state index < -0.39 is 11.9 Å². The fraction of sp³-hybridized carbons (Fsp3) is 0.304. The average Bonchev–Trinajstić information content (AvgIpc) is 2.73. The summed E-state index contributed by atoms with van der Waals surface area (Å²) in [7, 11) is 0. The minimum absolute atomic E-state index is 0.0875. The van der Waals surface area contributed by atoms with Gasteiger partial charge in [0.25, 0.3) is 5.91 Å². The molecule has 0 spiro atoms. The largest absolute Gasteiger partial charge is 0.481 e. The van der Waals surface area contributed by atoms with E-state index in [0.29, 0.717) is 24.3 Å². The highest BCUT2D eigenvalue weighted by atomic mass is 32.2. The van der Waals surface area contributed by atoms with Gasteiger partial charge in [-0.1, -0.05) is 42.5 Å². The number of fused-ring (bicyclic) bond motifs is 1. The fourth-order valence-electron chi connectivity index (χ4n) is 4.09. The molecule has 6 heteroatoms. The first-order valence-corrected chi connectivity index (χ1v) is 10.6. The first kappa shape index (κ1) is 19.7. The molecule has 3 unspecified atom stereocenters. The van der Waals surface area contributed by atoms with Crippen LogP contribution in [0.4, 0.5) is 4.39 Å². The van der Waals surface area contributed by atoms with Gasteiger partial charge in [-0.3, -0.25) is 9.59 Å². The summed E-state index contributed by atoms with van der Waals surface area (Å²) < 4.78 is 13.3. The number of rotatable bonds is 4. The van der Waals surface area contributed by atoms with Crippen molar-refractivity contribution in [2.75, 3.05) is 0 Å². The molecule has 150 valence electrons. The number of halogens is 1. The summed E-state index contributed by atoms with van der Waals surface area (Å²) in [4.78, 5) is 27.4. The molecule has 0 bridgehead atoms. The molecule has 1 saturated carbocycles. The molecule has 0 aromatic heterocycles. The molecule has 1 aliphatic carbocycles. The van der Waals surface area contributed by atoms with E-state index in [2.05, 4.69) is 0 Å². The van der Waals surface area contributed by atoms with Crippen molar-refractivity contribution >= 4 is 29.7 Å². The third kappa shape index (κ3) is 4.37. The van der Waals surface area contributed by atoms with E-state index in [1.54, 1.807) is 28.8 Å². The van der Waals surface area contributed by atoms with E-state index in [9.17, 15) is 19.1 Å². The van der Waals surface area contributed by atoms with E-state index in [4.69, 9.17) is 0 Å². The van der Waals surface area contributed by atoms with Crippen molar-refractivity contribution < 1.29 is 19.1 Å². The molecule has 2 fully saturated rings. The van der Waals surface area contributed by atoms with E-state index in [1.807, 2.05) is 36.4 Å². The molecule has 2 aromatic carbocycles. The van der Waals surface area contributed by atoms with Crippen molar-refractivity contribution in [3.63, 3.8) is 0 Å². The van der Waals surface area contributed by atoms with Gasteiger partial charge in [0.2, 0.25) is 0 Å². The van der Waals surface area contributed by atoms with Crippen LogP contribution < -0.4 is 0 Å². The summed E-state index contributed by atoms with van der Waals surface area (Å²) in [6, 6.07) is 15.7. The summed E-state index contributed by atoms with van der Waals surface area (Å²) in [5, 5.41) is 9.65. The van der Waals surface area contributed by atoms with Gasteiger partial charge in [0.15, 0.2) is 0 Å². The highest BCUT2D eigenvalue weighted by molar-refractivity contribution is 8.04. The van der Waals surface area contributed by atoms with Crippen LogP contribution in [0.5, 0.6) is 0 Å². The van der Waals surface area contributed by atoms with Crippen LogP contribution in [0.2, 0.25) is 0 Å². The molecule has 1 heterocycles. The first-order valence-electron chi connectivity index (χ1n) is 9.73. The zero-order chi connectivity index (χ0) is 20.4. The van der Waals surface area contributed by atoms with Gasteiger partial charge >= 0.3 is 5.97 Å². The molecule has 2 aromatic rings. The molecule has 0 radical (unpaired) electrons. The molecule has 1 N–H and O–H groups in total. The number of hydrogen-bond donors (Lipinski definition) is 1. The quantitative estimate of drug-likeness (QED) is 0.749. The minimum atomic E-state index is -0.798. The second-order valence-corrected chi connectivity index (χ2v) is 8.83. The highest BCUT2D eigenvalue weighted by Gasteiger charge is 2.44. The Morgan fingerprint density at radius 2 is 1.86 bits per heavy atom. The van der Waals surface area contributed by atoms with Gasteiger partial charge in [-0.05, 0) is 48.6 Å². The Kier molecular flexibility index (Phi) is 5.72. The van der Waals surface area contributed by atoms with Crippen LogP contribution in [0.1, 0.15) is 30.4 Å². The fourth-order valence-corrected chi connectivity index (χ4v) is 5.50. The van der Waals surface area contributed by atoms with Crippen LogP contribution in [0.15, 0.2) is 59.5 Å². The smallest absolute Gasteiger partial charge is 0.306 e. The molecule has 1 amide bonds. The Morgan fingerprint density at radius 1 is 1.14 bits per heavy atom. The zero-order valence-electron chi connectivity index (χ0n) is 15.8. The summed E-state index contributed by atoms with van der Waals surface area (Å²) in [5.74, 6) is -1.64. The summed E-state index contributed by atoms with van der Waals surface area (Å²) in [6.45, 7) is 0.347. The number of aliphatic carboxylic acids is 1. The SMILES string of the molecule is O=C(O)C1CCC2S/C(=C/c3ccccc3)C(=O)N(Cc3ccc(F)cc3)C2C1. The molecule has 29 heavy (non-hydrogen) atoms. The van der Waals surface area contributed by atoms with Crippen LogP contribution in [0.25, 0.3) is 6.08 Å². The maximum Gasteiger partial charge on any atom is 0.306 e. The van der Waals surface area contributed by atoms with Crippen LogP contribution in [-0.2, 0) is 16.1 Å². The molecule has 4 nitrogen and oxygen atoms in total. The number of carbonyl (C=O) groups is 2. The van der Waals surface area contributed by atoms with Gasteiger partial charge in [-0.25, -0.2) is 4.39 Å². The molecule has 1 aliphatic heterocycles. The predicted octanol–water partition coefficient (Wildman–Crippen LogP) is 4.56. The predicted molar refractivity (Wildman–Crippen MR) is 112 cm³/mol. The second-order valence-electron chi connectivity index (χ2n) is 7.55. The molecule has 1 saturated heterocycles. The van der Waals surface area contributed by atoms with Crippen LogP contribution in [0.3, 0.4) is 0 Å². The molecule has 3 atom stereocenters. The van der Waals surface area contributed by atoms with Crippen molar-refractivity contribution in [2.45, 2.75) is 37.1 Å². The second kappa shape index (κ2) is 8.41. The minimum Gasteiger partial charge on any atom is -0.481 e. The summed E-state index contributed by atoms with van der Waals surface area (Å²) >= 11 is 1.57. The normalized spacial score (nSPS) is 25.7. The molecular formula is C23H22FNO3S. The Labute approximate surface area is 173 Å². The number of carboxylic acids is 1. The Bertz CT molecular complexity index is 929. The van der Waals surface area contributed by atoms with Crippen molar-refractivity contribution in [3.05, 3.63) is 76.4 Å². The average molecular weight is 411 g/mol. The van der Waals surface area contributed by atoms with Crippen molar-refractivity contribution in [2.24, 2.45) is 5.92 Å². The van der Waals surface area contributed by atoms with Crippen molar-refractivity contribution in [1.82, 2.24) is 4.90 Å². The van der Waals surface area contributed by atoms with Gasteiger partial charge in [-0.2, -0.15) is 0 Å². The number of benzene rings is 2. The Hall–Kier alpha value is -2.60. The van der Waals surface area contributed by atoms with Gasteiger partial charge in [0.1, 0.15) is 5.82 Å². The van der Waals surface area contributed by atoms with Crippen LogP contribution in [0, 0.1) is 11.7 Å². The highest BCUT2D eigenvalue weighted by Crippen LogP contribution is 2.44. The maximum atomic E-state index is 13.3. The van der Waals surface area contributed by atoms with Crippen LogP contribution >= 0.6 is 11.8 Å². The maximum absolute atomic E-state index is 13.3. The zero-order valence-corrected chi connectivity index (χ0v) is 16.6. The lowest BCUT2D eigenvalue weighted by atomic mass is 9.84. The third-order valence-corrected chi connectivity index (χ3v) is 7.02. The van der Waals surface area contributed by atoms with Crippen molar-refractivity contribution in [3.8, 4) is 0 Å². The van der Waals surface area contributed by atoms with E-state index in [1.165, 1.54) is 12.1 Å². The number of thioether (sulfide) groups is 1. The lowest BCUT2D eigenvalue weighted by molar-refractivity contribution is -0.145.